The minimum Gasteiger partial charge on any atom is -0.494 e. The molecule has 1 fully saturated rings. The van der Waals surface area contributed by atoms with Crippen LogP contribution in [0.25, 0.3) is 0 Å². The van der Waals surface area contributed by atoms with Gasteiger partial charge in [-0.2, -0.15) is 4.31 Å². The Labute approximate surface area is 184 Å². The van der Waals surface area contributed by atoms with Crippen molar-refractivity contribution in [3.63, 3.8) is 0 Å². The molecule has 6 nitrogen and oxygen atoms in total. The molecule has 0 unspecified atom stereocenters. The van der Waals surface area contributed by atoms with E-state index < -0.39 is 10.0 Å². The molecular formula is C24H30N2O4S. The summed E-state index contributed by atoms with van der Waals surface area (Å²) < 4.78 is 32.8. The van der Waals surface area contributed by atoms with Crippen LogP contribution in [0.4, 0.5) is 0 Å². The Balaban J connectivity index is 1.35. The largest absolute Gasteiger partial charge is 0.494 e. The molecule has 1 aliphatic heterocycles. The van der Waals surface area contributed by atoms with E-state index in [4.69, 9.17) is 4.74 Å². The SMILES string of the molecule is CCOc1ccc(S(=O)(=O)N2CCC(C(=O)N[C@H]3CCCc4ccccc43)CC2)cc1. The van der Waals surface area contributed by atoms with Crippen LogP contribution < -0.4 is 10.1 Å². The van der Waals surface area contributed by atoms with Crippen molar-refractivity contribution in [1.82, 2.24) is 9.62 Å². The summed E-state index contributed by atoms with van der Waals surface area (Å²) in [6, 6.07) is 14.9. The van der Waals surface area contributed by atoms with Gasteiger partial charge < -0.3 is 10.1 Å². The smallest absolute Gasteiger partial charge is 0.243 e. The van der Waals surface area contributed by atoms with Crippen molar-refractivity contribution in [3.8, 4) is 5.75 Å². The van der Waals surface area contributed by atoms with Gasteiger partial charge in [0.25, 0.3) is 0 Å². The highest BCUT2D eigenvalue weighted by molar-refractivity contribution is 7.89. The molecular weight excluding hydrogens is 412 g/mol. The maximum atomic E-state index is 13.0. The first kappa shape index (κ1) is 21.8. The Morgan fingerprint density at radius 1 is 1.06 bits per heavy atom. The van der Waals surface area contributed by atoms with Gasteiger partial charge >= 0.3 is 0 Å². The molecule has 1 amide bonds. The molecule has 2 aromatic carbocycles. The normalized spacial score (nSPS) is 20.1. The van der Waals surface area contributed by atoms with Gasteiger partial charge in [-0.3, -0.25) is 4.79 Å². The summed E-state index contributed by atoms with van der Waals surface area (Å²) in [5, 5.41) is 3.23. The molecule has 7 heteroatoms. The number of carbonyl (C=O) groups excluding carboxylic acids is 1. The molecule has 31 heavy (non-hydrogen) atoms. The Morgan fingerprint density at radius 3 is 2.48 bits per heavy atom. The summed E-state index contributed by atoms with van der Waals surface area (Å²) in [6.07, 6.45) is 4.16. The number of benzene rings is 2. The number of nitrogens with one attached hydrogen (secondary N) is 1. The second kappa shape index (κ2) is 9.40. The van der Waals surface area contributed by atoms with Gasteiger partial charge in [0.2, 0.25) is 15.9 Å². The molecule has 0 saturated carbocycles. The molecule has 166 valence electrons. The Kier molecular flexibility index (Phi) is 6.62. The van der Waals surface area contributed by atoms with Gasteiger partial charge in [0.05, 0.1) is 17.5 Å². The molecule has 1 saturated heterocycles. The first-order chi connectivity index (χ1) is 15.0. The number of hydrogen-bond acceptors (Lipinski definition) is 4. The number of nitrogens with zero attached hydrogens (tertiary/aromatic N) is 1. The van der Waals surface area contributed by atoms with Crippen molar-refractivity contribution < 1.29 is 17.9 Å². The fraction of sp³-hybridized carbons (Fsp3) is 0.458. The molecule has 4 rings (SSSR count). The van der Waals surface area contributed by atoms with Gasteiger partial charge in [0.1, 0.15) is 5.75 Å². The lowest BCUT2D eigenvalue weighted by atomic mass is 9.87. The fourth-order valence-corrected chi connectivity index (χ4v) is 6.05. The van der Waals surface area contributed by atoms with Gasteiger partial charge in [-0.05, 0) is 74.4 Å². The lowest BCUT2D eigenvalue weighted by Crippen LogP contribution is -2.44. The molecule has 1 atom stereocenters. The highest BCUT2D eigenvalue weighted by atomic mass is 32.2. The Hall–Kier alpha value is -2.38. The zero-order chi connectivity index (χ0) is 21.8. The van der Waals surface area contributed by atoms with E-state index in [0.29, 0.717) is 38.3 Å². The number of aryl methyl sites for hydroxylation is 1. The molecule has 2 aliphatic rings. The number of hydrogen-bond donors (Lipinski definition) is 1. The molecule has 1 heterocycles. The first-order valence-electron chi connectivity index (χ1n) is 11.1. The summed E-state index contributed by atoms with van der Waals surface area (Å²) in [5.74, 6) is 0.543. The quantitative estimate of drug-likeness (QED) is 0.741. The van der Waals surface area contributed by atoms with Crippen LogP contribution in [-0.4, -0.2) is 38.3 Å². The van der Waals surface area contributed by atoms with E-state index in [9.17, 15) is 13.2 Å². The first-order valence-corrected chi connectivity index (χ1v) is 12.5. The van der Waals surface area contributed by atoms with Crippen LogP contribution in [-0.2, 0) is 21.2 Å². The van der Waals surface area contributed by atoms with Gasteiger partial charge in [-0.15, -0.1) is 0 Å². The van der Waals surface area contributed by atoms with E-state index in [0.717, 1.165) is 19.3 Å². The molecule has 0 aromatic heterocycles. The second-order valence-electron chi connectivity index (χ2n) is 8.23. The number of ether oxygens (including phenoxy) is 1. The predicted octanol–water partition coefficient (Wildman–Crippen LogP) is 3.68. The summed E-state index contributed by atoms with van der Waals surface area (Å²) >= 11 is 0. The maximum Gasteiger partial charge on any atom is 0.243 e. The van der Waals surface area contributed by atoms with E-state index in [-0.39, 0.29) is 22.8 Å². The van der Waals surface area contributed by atoms with E-state index in [1.165, 1.54) is 15.4 Å². The van der Waals surface area contributed by atoms with Crippen molar-refractivity contribution in [2.24, 2.45) is 5.92 Å². The molecule has 0 radical (unpaired) electrons. The summed E-state index contributed by atoms with van der Waals surface area (Å²) in [5.41, 5.74) is 2.54. The highest BCUT2D eigenvalue weighted by Gasteiger charge is 2.33. The van der Waals surface area contributed by atoms with Crippen LogP contribution in [0.1, 0.15) is 49.8 Å². The van der Waals surface area contributed by atoms with Crippen LogP contribution in [0, 0.1) is 5.92 Å². The van der Waals surface area contributed by atoms with Crippen molar-refractivity contribution >= 4 is 15.9 Å². The number of piperidine rings is 1. The van der Waals surface area contributed by atoms with Crippen molar-refractivity contribution in [3.05, 3.63) is 59.7 Å². The summed E-state index contributed by atoms with van der Waals surface area (Å²) in [7, 11) is -3.56. The van der Waals surface area contributed by atoms with Crippen molar-refractivity contribution in [2.45, 2.75) is 50.0 Å². The third-order valence-corrected chi connectivity index (χ3v) is 8.20. The molecule has 1 N–H and O–H groups in total. The zero-order valence-corrected chi connectivity index (χ0v) is 18.7. The number of rotatable bonds is 6. The molecule has 0 bridgehead atoms. The third-order valence-electron chi connectivity index (χ3n) is 6.28. The van der Waals surface area contributed by atoms with E-state index in [1.807, 2.05) is 19.1 Å². The standard InChI is InChI=1S/C24H30N2O4S/c1-2-30-20-10-12-21(13-11-20)31(28,29)26-16-14-19(15-17-26)24(27)25-23-9-5-7-18-6-3-4-8-22(18)23/h3-4,6,8,10-13,19,23H,2,5,7,9,14-17H2,1H3,(H,25,27)/t23-/m0/s1. The molecule has 0 spiro atoms. The van der Waals surface area contributed by atoms with Crippen LogP contribution in [0.2, 0.25) is 0 Å². The number of carbonyl (C=O) groups is 1. The van der Waals surface area contributed by atoms with Gasteiger partial charge in [-0.25, -0.2) is 8.42 Å². The average Bonchev–Trinajstić information content (AvgIpc) is 2.80. The monoisotopic (exact) mass is 442 g/mol. The van der Waals surface area contributed by atoms with Crippen molar-refractivity contribution in [1.29, 1.82) is 0 Å². The molecule has 1 aliphatic carbocycles. The van der Waals surface area contributed by atoms with Gasteiger partial charge in [-0.1, -0.05) is 24.3 Å². The third kappa shape index (κ3) is 4.77. The minimum atomic E-state index is -3.56. The van der Waals surface area contributed by atoms with Crippen LogP contribution >= 0.6 is 0 Å². The Morgan fingerprint density at radius 2 is 1.77 bits per heavy atom. The van der Waals surface area contributed by atoms with Gasteiger partial charge in [0.15, 0.2) is 0 Å². The fourth-order valence-electron chi connectivity index (χ4n) is 4.58. The summed E-state index contributed by atoms with van der Waals surface area (Å²) in [4.78, 5) is 13.2. The van der Waals surface area contributed by atoms with E-state index in [2.05, 4.69) is 17.4 Å². The zero-order valence-electron chi connectivity index (χ0n) is 17.9. The maximum absolute atomic E-state index is 13.0. The van der Waals surface area contributed by atoms with Gasteiger partial charge in [0, 0.05) is 19.0 Å². The lowest BCUT2D eigenvalue weighted by molar-refractivity contribution is -0.127. The van der Waals surface area contributed by atoms with Crippen molar-refractivity contribution in [2.75, 3.05) is 19.7 Å². The topological polar surface area (TPSA) is 75.7 Å². The minimum absolute atomic E-state index is 0.0415. The average molecular weight is 443 g/mol. The number of sulfonamides is 1. The van der Waals surface area contributed by atoms with Crippen LogP contribution in [0.5, 0.6) is 5.75 Å². The number of amides is 1. The van der Waals surface area contributed by atoms with E-state index >= 15 is 0 Å². The number of fused-ring (bicyclic) bond motifs is 1. The highest BCUT2D eigenvalue weighted by Crippen LogP contribution is 2.31. The lowest BCUT2D eigenvalue weighted by Gasteiger charge is -2.32. The second-order valence-corrected chi connectivity index (χ2v) is 10.2. The Bertz CT molecular complexity index is 1010. The summed E-state index contributed by atoms with van der Waals surface area (Å²) in [6.45, 7) is 3.13. The van der Waals surface area contributed by atoms with E-state index in [1.54, 1.807) is 24.3 Å². The van der Waals surface area contributed by atoms with Crippen LogP contribution in [0.3, 0.4) is 0 Å². The molecule has 2 aromatic rings. The predicted molar refractivity (Wildman–Crippen MR) is 119 cm³/mol. The van der Waals surface area contributed by atoms with Crippen LogP contribution in [0.15, 0.2) is 53.4 Å².